The van der Waals surface area contributed by atoms with Gasteiger partial charge in [-0.3, -0.25) is 0 Å². The Kier molecular flexibility index (Phi) is 4.26. The van der Waals surface area contributed by atoms with Crippen LogP contribution in [0, 0.1) is 5.92 Å². The molecule has 20 heavy (non-hydrogen) atoms. The highest BCUT2D eigenvalue weighted by molar-refractivity contribution is 5.57. The Morgan fingerprint density at radius 2 is 2.30 bits per heavy atom. The predicted molar refractivity (Wildman–Crippen MR) is 82.6 cm³/mol. The summed E-state index contributed by atoms with van der Waals surface area (Å²) in [6.45, 7) is 5.28. The summed E-state index contributed by atoms with van der Waals surface area (Å²) in [6, 6.07) is 6.45. The van der Waals surface area contributed by atoms with Crippen LogP contribution in [0.15, 0.2) is 24.4 Å². The monoisotopic (exact) mass is 272 g/mol. The van der Waals surface area contributed by atoms with Gasteiger partial charge in [0.2, 0.25) is 0 Å². The van der Waals surface area contributed by atoms with Crippen molar-refractivity contribution in [3.63, 3.8) is 0 Å². The van der Waals surface area contributed by atoms with Crippen LogP contribution in [0.25, 0.3) is 6.08 Å². The smallest absolute Gasteiger partial charge is 0.120 e. The van der Waals surface area contributed by atoms with Crippen LogP contribution >= 0.6 is 0 Å². The minimum atomic E-state index is 0.391. The normalized spacial score (nSPS) is 24.2. The summed E-state index contributed by atoms with van der Waals surface area (Å²) in [6.07, 6.45) is 8.17. The van der Waals surface area contributed by atoms with E-state index in [0.717, 1.165) is 31.3 Å². The molecule has 0 unspecified atom stereocenters. The molecule has 0 radical (unpaired) electrons. The van der Waals surface area contributed by atoms with Gasteiger partial charge in [0.25, 0.3) is 0 Å². The second-order valence-electron chi connectivity index (χ2n) is 5.80. The lowest BCUT2D eigenvalue weighted by atomic mass is 10.0. The lowest BCUT2D eigenvalue weighted by molar-refractivity contribution is 0.204. The maximum absolute atomic E-state index is 6.17. The Balaban J connectivity index is 1.58. The van der Waals surface area contributed by atoms with Gasteiger partial charge in [-0.1, -0.05) is 13.0 Å². The molecule has 3 rings (SSSR count). The zero-order valence-electron chi connectivity index (χ0n) is 12.2. The van der Waals surface area contributed by atoms with Gasteiger partial charge in [0, 0.05) is 6.54 Å². The molecule has 0 spiro atoms. The molecule has 108 valence electrons. The molecule has 1 aliphatic carbocycles. The number of rotatable bonds is 5. The maximum atomic E-state index is 6.17. The Labute approximate surface area is 121 Å². The number of nitrogens with one attached hydrogen (secondary N) is 2. The van der Waals surface area contributed by atoms with E-state index >= 15 is 0 Å². The highest BCUT2D eigenvalue weighted by atomic mass is 16.5. The van der Waals surface area contributed by atoms with Crippen molar-refractivity contribution >= 4 is 6.08 Å². The fourth-order valence-corrected chi connectivity index (χ4v) is 3.14. The van der Waals surface area contributed by atoms with E-state index < -0.39 is 0 Å². The number of hydrogen-bond donors (Lipinski definition) is 2. The molecular weight excluding hydrogens is 248 g/mol. The van der Waals surface area contributed by atoms with Crippen LogP contribution in [-0.4, -0.2) is 19.2 Å². The van der Waals surface area contributed by atoms with Crippen molar-refractivity contribution < 1.29 is 4.74 Å². The second kappa shape index (κ2) is 6.31. The van der Waals surface area contributed by atoms with E-state index in [1.54, 1.807) is 0 Å². The van der Waals surface area contributed by atoms with Gasteiger partial charge in [0.1, 0.15) is 5.75 Å². The minimum absolute atomic E-state index is 0.391. The summed E-state index contributed by atoms with van der Waals surface area (Å²) in [5.74, 6) is 1.80. The largest absolute Gasteiger partial charge is 0.490 e. The third kappa shape index (κ3) is 3.15. The minimum Gasteiger partial charge on any atom is -0.490 e. The van der Waals surface area contributed by atoms with Gasteiger partial charge in [-0.2, -0.15) is 0 Å². The SMILES string of the molecule is CCNC[C@H]1CC[C@@H](Oc2ccc3c(c2)C=CNC3)C1. The molecule has 0 aromatic heterocycles. The van der Waals surface area contributed by atoms with Crippen LogP contribution in [-0.2, 0) is 6.54 Å². The molecule has 0 saturated heterocycles. The number of benzene rings is 1. The van der Waals surface area contributed by atoms with Crippen molar-refractivity contribution in [2.45, 2.75) is 38.8 Å². The summed E-state index contributed by atoms with van der Waals surface area (Å²) in [4.78, 5) is 0. The van der Waals surface area contributed by atoms with E-state index in [-0.39, 0.29) is 0 Å². The molecular formula is C17H24N2O. The van der Waals surface area contributed by atoms with Gasteiger partial charge < -0.3 is 15.4 Å². The summed E-state index contributed by atoms with van der Waals surface area (Å²) < 4.78 is 6.17. The Bertz CT molecular complexity index is 484. The lowest BCUT2D eigenvalue weighted by Gasteiger charge is -2.17. The molecule has 1 fully saturated rings. The number of hydrogen-bond acceptors (Lipinski definition) is 3. The van der Waals surface area contributed by atoms with Crippen molar-refractivity contribution in [2.75, 3.05) is 13.1 Å². The first kappa shape index (κ1) is 13.5. The van der Waals surface area contributed by atoms with E-state index in [1.807, 2.05) is 6.20 Å². The molecule has 1 aromatic rings. The molecule has 3 nitrogen and oxygen atoms in total. The van der Waals surface area contributed by atoms with Crippen molar-refractivity contribution in [1.29, 1.82) is 0 Å². The molecule has 1 saturated carbocycles. The quantitative estimate of drug-likeness (QED) is 0.864. The molecule has 1 heterocycles. The number of ether oxygens (including phenoxy) is 1. The first-order valence-electron chi connectivity index (χ1n) is 7.75. The van der Waals surface area contributed by atoms with Gasteiger partial charge in [0.05, 0.1) is 6.10 Å². The lowest BCUT2D eigenvalue weighted by Crippen LogP contribution is -2.22. The van der Waals surface area contributed by atoms with E-state index in [9.17, 15) is 0 Å². The van der Waals surface area contributed by atoms with Crippen LogP contribution in [0.3, 0.4) is 0 Å². The van der Waals surface area contributed by atoms with E-state index in [2.05, 4.69) is 41.8 Å². The fourth-order valence-electron chi connectivity index (χ4n) is 3.14. The second-order valence-corrected chi connectivity index (χ2v) is 5.80. The summed E-state index contributed by atoms with van der Waals surface area (Å²) in [5, 5.41) is 6.67. The zero-order chi connectivity index (χ0) is 13.8. The average molecular weight is 272 g/mol. The highest BCUT2D eigenvalue weighted by Crippen LogP contribution is 2.30. The third-order valence-corrected chi connectivity index (χ3v) is 4.27. The van der Waals surface area contributed by atoms with Crippen LogP contribution in [0.4, 0.5) is 0 Å². The molecule has 0 amide bonds. The molecule has 2 atom stereocenters. The maximum Gasteiger partial charge on any atom is 0.120 e. The molecule has 1 aliphatic heterocycles. The summed E-state index contributed by atoms with van der Waals surface area (Å²) >= 11 is 0. The van der Waals surface area contributed by atoms with Gasteiger partial charge >= 0.3 is 0 Å². The van der Waals surface area contributed by atoms with Crippen LogP contribution in [0.1, 0.15) is 37.3 Å². The van der Waals surface area contributed by atoms with E-state index in [0.29, 0.717) is 6.10 Å². The Hall–Kier alpha value is -1.48. The summed E-state index contributed by atoms with van der Waals surface area (Å²) in [5.41, 5.74) is 2.62. The molecule has 3 heteroatoms. The standard InChI is InChI=1S/C17H24N2O/c1-2-18-11-13-3-5-16(9-13)20-17-6-4-15-12-19-8-7-14(15)10-17/h4,6-8,10,13,16,18-19H,2-3,5,9,11-12H2,1H3/t13-,16+/m0/s1. The zero-order valence-corrected chi connectivity index (χ0v) is 12.2. The first-order chi connectivity index (χ1) is 9.85. The van der Waals surface area contributed by atoms with E-state index in [4.69, 9.17) is 4.74 Å². The van der Waals surface area contributed by atoms with Gasteiger partial charge in [-0.05, 0) is 73.8 Å². The van der Waals surface area contributed by atoms with Gasteiger partial charge in [0.15, 0.2) is 0 Å². The van der Waals surface area contributed by atoms with E-state index in [1.165, 1.54) is 30.4 Å². The van der Waals surface area contributed by atoms with Crippen LogP contribution in [0.5, 0.6) is 5.75 Å². The van der Waals surface area contributed by atoms with Crippen molar-refractivity contribution in [2.24, 2.45) is 5.92 Å². The Morgan fingerprint density at radius 1 is 1.35 bits per heavy atom. The van der Waals surface area contributed by atoms with Crippen LogP contribution in [0.2, 0.25) is 0 Å². The average Bonchev–Trinajstić information content (AvgIpc) is 2.92. The third-order valence-electron chi connectivity index (χ3n) is 4.27. The van der Waals surface area contributed by atoms with Gasteiger partial charge in [-0.15, -0.1) is 0 Å². The topological polar surface area (TPSA) is 33.3 Å². The Morgan fingerprint density at radius 3 is 3.20 bits per heavy atom. The summed E-state index contributed by atoms with van der Waals surface area (Å²) in [7, 11) is 0. The predicted octanol–water partition coefficient (Wildman–Crippen LogP) is 2.92. The van der Waals surface area contributed by atoms with Crippen LogP contribution < -0.4 is 15.4 Å². The molecule has 2 aliphatic rings. The van der Waals surface area contributed by atoms with Crippen molar-refractivity contribution in [3.05, 3.63) is 35.5 Å². The molecule has 2 N–H and O–H groups in total. The number of fused-ring (bicyclic) bond motifs is 1. The van der Waals surface area contributed by atoms with Crippen molar-refractivity contribution in [3.8, 4) is 5.75 Å². The van der Waals surface area contributed by atoms with Crippen molar-refractivity contribution in [1.82, 2.24) is 10.6 Å². The van der Waals surface area contributed by atoms with Gasteiger partial charge in [-0.25, -0.2) is 0 Å². The highest BCUT2D eigenvalue weighted by Gasteiger charge is 2.25. The fraction of sp³-hybridized carbons (Fsp3) is 0.529. The molecule has 1 aromatic carbocycles. The first-order valence-corrected chi connectivity index (χ1v) is 7.75. The molecule has 0 bridgehead atoms.